The highest BCUT2D eigenvalue weighted by Gasteiger charge is 2.27. The van der Waals surface area contributed by atoms with Crippen molar-refractivity contribution >= 4 is 27.5 Å². The van der Waals surface area contributed by atoms with E-state index < -0.39 is 5.97 Å². The molecule has 4 heteroatoms. The first-order valence-corrected chi connectivity index (χ1v) is 6.16. The maximum absolute atomic E-state index is 10.7. The Labute approximate surface area is 96.7 Å². The van der Waals surface area contributed by atoms with E-state index in [0.717, 1.165) is 15.8 Å². The molecule has 0 radical (unpaired) electrons. The summed E-state index contributed by atoms with van der Waals surface area (Å²) in [4.78, 5) is 15.3. The summed E-state index contributed by atoms with van der Waals surface area (Å²) in [6.07, 6.45) is 2.55. The van der Waals surface area contributed by atoms with Crippen LogP contribution >= 0.6 is 11.3 Å². The van der Waals surface area contributed by atoms with Gasteiger partial charge in [0.05, 0.1) is 21.6 Å². The van der Waals surface area contributed by atoms with E-state index in [1.54, 1.807) is 11.3 Å². The number of carbonyl (C=O) groups is 1. The smallest absolute Gasteiger partial charge is 0.307 e. The predicted molar refractivity (Wildman–Crippen MR) is 62.9 cm³/mol. The van der Waals surface area contributed by atoms with Gasteiger partial charge in [0.25, 0.3) is 0 Å². The second-order valence-electron chi connectivity index (χ2n) is 4.16. The van der Waals surface area contributed by atoms with Crippen LogP contribution in [0.15, 0.2) is 18.2 Å². The summed E-state index contributed by atoms with van der Waals surface area (Å²) in [5, 5.41) is 10.0. The number of aromatic nitrogens is 1. The van der Waals surface area contributed by atoms with E-state index >= 15 is 0 Å². The van der Waals surface area contributed by atoms with Gasteiger partial charge in [0.15, 0.2) is 0 Å². The number of carboxylic acids is 1. The maximum Gasteiger partial charge on any atom is 0.307 e. The van der Waals surface area contributed by atoms with Gasteiger partial charge < -0.3 is 5.11 Å². The van der Waals surface area contributed by atoms with Crippen LogP contribution in [0.4, 0.5) is 0 Å². The summed E-state index contributed by atoms with van der Waals surface area (Å²) in [7, 11) is 0. The number of hydrogen-bond donors (Lipinski definition) is 1. The SMILES string of the molecule is O=C(O)Cc1cccc2nc(C3CC3)sc12. The minimum Gasteiger partial charge on any atom is -0.481 e. The van der Waals surface area contributed by atoms with Crippen molar-refractivity contribution in [3.05, 3.63) is 28.8 Å². The van der Waals surface area contributed by atoms with E-state index in [4.69, 9.17) is 5.11 Å². The number of aliphatic carboxylic acids is 1. The number of nitrogens with zero attached hydrogens (tertiary/aromatic N) is 1. The van der Waals surface area contributed by atoms with Crippen molar-refractivity contribution in [1.29, 1.82) is 0 Å². The largest absolute Gasteiger partial charge is 0.481 e. The molecule has 0 spiro atoms. The molecule has 1 fully saturated rings. The fourth-order valence-corrected chi connectivity index (χ4v) is 3.08. The Bertz CT molecular complexity index is 557. The molecule has 1 heterocycles. The third-order valence-corrected chi connectivity index (χ3v) is 4.09. The number of benzene rings is 1. The summed E-state index contributed by atoms with van der Waals surface area (Å²) in [6, 6.07) is 5.73. The van der Waals surface area contributed by atoms with Crippen molar-refractivity contribution in [2.24, 2.45) is 0 Å². The van der Waals surface area contributed by atoms with Crippen LogP contribution in [0.5, 0.6) is 0 Å². The minimum atomic E-state index is -0.783. The predicted octanol–water partition coefficient (Wildman–Crippen LogP) is 2.80. The number of fused-ring (bicyclic) bond motifs is 1. The summed E-state index contributed by atoms with van der Waals surface area (Å²) in [5.74, 6) is -0.149. The van der Waals surface area contributed by atoms with E-state index in [-0.39, 0.29) is 6.42 Å². The van der Waals surface area contributed by atoms with Crippen molar-refractivity contribution in [2.75, 3.05) is 0 Å². The molecule has 1 N–H and O–H groups in total. The summed E-state index contributed by atoms with van der Waals surface area (Å²) in [6.45, 7) is 0. The van der Waals surface area contributed by atoms with Gasteiger partial charge in [-0.2, -0.15) is 0 Å². The zero-order valence-electron chi connectivity index (χ0n) is 8.64. The fraction of sp³-hybridized carbons (Fsp3) is 0.333. The molecule has 82 valence electrons. The summed E-state index contributed by atoms with van der Waals surface area (Å²) >= 11 is 1.66. The molecule has 0 amide bonds. The Hall–Kier alpha value is -1.42. The van der Waals surface area contributed by atoms with Crippen LogP contribution in [-0.4, -0.2) is 16.1 Å². The molecule has 1 aromatic heterocycles. The molecule has 0 atom stereocenters. The number of hydrogen-bond acceptors (Lipinski definition) is 3. The average Bonchev–Trinajstić information content (AvgIpc) is 2.98. The molecule has 2 aromatic rings. The van der Waals surface area contributed by atoms with Crippen LogP contribution in [0.1, 0.15) is 29.3 Å². The first-order chi connectivity index (χ1) is 7.74. The molecule has 0 bridgehead atoms. The lowest BCUT2D eigenvalue weighted by atomic mass is 10.1. The van der Waals surface area contributed by atoms with Crippen LogP contribution < -0.4 is 0 Å². The first-order valence-electron chi connectivity index (χ1n) is 5.34. The molecule has 1 aliphatic carbocycles. The van der Waals surface area contributed by atoms with Crippen molar-refractivity contribution in [3.8, 4) is 0 Å². The lowest BCUT2D eigenvalue weighted by Gasteiger charge is -1.96. The van der Waals surface area contributed by atoms with Crippen molar-refractivity contribution < 1.29 is 9.90 Å². The molecule has 1 saturated carbocycles. The number of carboxylic acid groups (broad SMARTS) is 1. The number of thiazole rings is 1. The van der Waals surface area contributed by atoms with Gasteiger partial charge in [0, 0.05) is 5.92 Å². The molecule has 0 unspecified atom stereocenters. The van der Waals surface area contributed by atoms with Crippen LogP contribution in [0.3, 0.4) is 0 Å². The zero-order valence-corrected chi connectivity index (χ0v) is 9.46. The quantitative estimate of drug-likeness (QED) is 0.886. The third kappa shape index (κ3) is 1.69. The molecule has 3 nitrogen and oxygen atoms in total. The highest BCUT2D eigenvalue weighted by Crippen LogP contribution is 2.43. The maximum atomic E-state index is 10.7. The summed E-state index contributed by atoms with van der Waals surface area (Å²) in [5.41, 5.74) is 1.83. The molecule has 1 aromatic carbocycles. The third-order valence-electron chi connectivity index (χ3n) is 2.78. The van der Waals surface area contributed by atoms with Crippen LogP contribution in [-0.2, 0) is 11.2 Å². The Kier molecular flexibility index (Phi) is 2.17. The normalized spacial score (nSPS) is 15.5. The van der Waals surface area contributed by atoms with Crippen molar-refractivity contribution in [1.82, 2.24) is 4.98 Å². The topological polar surface area (TPSA) is 50.2 Å². The van der Waals surface area contributed by atoms with Gasteiger partial charge in [-0.25, -0.2) is 4.98 Å². The molecular formula is C12H11NO2S. The zero-order chi connectivity index (χ0) is 11.1. The van der Waals surface area contributed by atoms with E-state index in [1.807, 2.05) is 18.2 Å². The van der Waals surface area contributed by atoms with E-state index in [9.17, 15) is 4.79 Å². The molecule has 3 rings (SSSR count). The van der Waals surface area contributed by atoms with Crippen LogP contribution in [0, 0.1) is 0 Å². The second kappa shape index (κ2) is 3.56. The van der Waals surface area contributed by atoms with Crippen LogP contribution in [0.25, 0.3) is 10.2 Å². The standard InChI is InChI=1S/C12H11NO2S/c14-10(15)6-8-2-1-3-9-11(8)16-12(13-9)7-4-5-7/h1-3,7H,4-6H2,(H,14,15). The lowest BCUT2D eigenvalue weighted by molar-refractivity contribution is -0.136. The Morgan fingerprint density at radius 2 is 2.31 bits per heavy atom. The molecule has 0 aliphatic heterocycles. The van der Waals surface area contributed by atoms with Gasteiger partial charge in [-0.15, -0.1) is 11.3 Å². The van der Waals surface area contributed by atoms with E-state index in [1.165, 1.54) is 17.8 Å². The Morgan fingerprint density at radius 1 is 1.50 bits per heavy atom. The highest BCUT2D eigenvalue weighted by atomic mass is 32.1. The number of rotatable bonds is 3. The van der Waals surface area contributed by atoms with Gasteiger partial charge in [-0.3, -0.25) is 4.79 Å². The second-order valence-corrected chi connectivity index (χ2v) is 5.19. The van der Waals surface area contributed by atoms with E-state index in [0.29, 0.717) is 5.92 Å². The van der Waals surface area contributed by atoms with Gasteiger partial charge in [-0.05, 0) is 24.5 Å². The summed E-state index contributed by atoms with van der Waals surface area (Å²) < 4.78 is 1.05. The van der Waals surface area contributed by atoms with Gasteiger partial charge >= 0.3 is 5.97 Å². The van der Waals surface area contributed by atoms with Crippen molar-refractivity contribution in [2.45, 2.75) is 25.2 Å². The van der Waals surface area contributed by atoms with Gasteiger partial charge in [0.2, 0.25) is 0 Å². The Morgan fingerprint density at radius 3 is 3.00 bits per heavy atom. The Balaban J connectivity index is 2.09. The minimum absolute atomic E-state index is 0.0869. The van der Waals surface area contributed by atoms with Crippen molar-refractivity contribution in [3.63, 3.8) is 0 Å². The molecule has 16 heavy (non-hydrogen) atoms. The highest BCUT2D eigenvalue weighted by molar-refractivity contribution is 7.18. The first kappa shape index (κ1) is 9.78. The lowest BCUT2D eigenvalue weighted by Crippen LogP contribution is -1.99. The average molecular weight is 233 g/mol. The monoisotopic (exact) mass is 233 g/mol. The van der Waals surface area contributed by atoms with Gasteiger partial charge in [0.1, 0.15) is 0 Å². The van der Waals surface area contributed by atoms with Gasteiger partial charge in [-0.1, -0.05) is 12.1 Å². The molecule has 0 saturated heterocycles. The van der Waals surface area contributed by atoms with E-state index in [2.05, 4.69) is 4.98 Å². The fourth-order valence-electron chi connectivity index (χ4n) is 1.83. The molecule has 1 aliphatic rings. The molecular weight excluding hydrogens is 222 g/mol. The van der Waals surface area contributed by atoms with Crippen LogP contribution in [0.2, 0.25) is 0 Å².